The Hall–Kier alpha value is -2.07. The van der Waals surface area contributed by atoms with E-state index in [1.165, 1.54) is 12.1 Å². The molecule has 4 bridgehead atoms. The molecule has 4 aliphatic carbocycles. The molecule has 7 rings (SSSR count). The standard InChI is InChI=1S/C22H20F4INO8/c23-20(24)9-33-22(34-10-21(20,25)26)12-3-11-4-13(22)8-19(6-11,7-12)18(30)36-27-16-2-1-14(28(31)32)5-15(16)17(29)35-27/h1-2,5,11-13H,3-4,6-10H2. The number of non-ortho nitro benzene ring substituents is 1. The number of rotatable bonds is 3. The Balaban J connectivity index is 1.24. The summed E-state index contributed by atoms with van der Waals surface area (Å²) in [5, 5.41) is 11.0. The van der Waals surface area contributed by atoms with Gasteiger partial charge in [-0.3, -0.25) is 0 Å². The van der Waals surface area contributed by atoms with Crippen LogP contribution in [0.2, 0.25) is 0 Å². The summed E-state index contributed by atoms with van der Waals surface area (Å²) in [5.74, 6) is -12.8. The molecule has 2 unspecified atom stereocenters. The molecule has 1 spiro atoms. The first-order chi connectivity index (χ1) is 16.9. The second-order valence-corrected chi connectivity index (χ2v) is 13.5. The number of alkyl halides is 4. The van der Waals surface area contributed by atoms with E-state index in [1.54, 1.807) is 0 Å². The van der Waals surface area contributed by atoms with Gasteiger partial charge in [-0.25, -0.2) is 0 Å². The molecule has 9 nitrogen and oxygen atoms in total. The Morgan fingerprint density at radius 3 is 2.25 bits per heavy atom. The topological polar surface area (TPSA) is 114 Å². The van der Waals surface area contributed by atoms with Gasteiger partial charge in [0.1, 0.15) is 0 Å². The molecule has 1 aromatic carbocycles. The fourth-order valence-electron chi connectivity index (χ4n) is 6.58. The fourth-order valence-corrected chi connectivity index (χ4v) is 9.89. The number of carbonyl (C=O) groups excluding carboxylic acids is 2. The van der Waals surface area contributed by atoms with E-state index in [0.717, 1.165) is 6.07 Å². The molecule has 1 saturated heterocycles. The molecule has 2 heterocycles. The molecule has 0 radical (unpaired) electrons. The van der Waals surface area contributed by atoms with E-state index in [9.17, 15) is 37.3 Å². The SMILES string of the molecule is O=C1OI(OC(=O)C23CC4CC(C2)C2(OCC(F)(F)C(F)(F)CO2)C(C4)C3)c2ccc([N+](=O)[O-])cc21. The predicted octanol–water partition coefficient (Wildman–Crippen LogP) is 4.65. The van der Waals surface area contributed by atoms with Crippen LogP contribution in [0.1, 0.15) is 42.5 Å². The number of ether oxygens (including phenoxy) is 2. The second kappa shape index (κ2) is 7.72. The number of nitro groups is 1. The van der Waals surface area contributed by atoms with E-state index < -0.39 is 85.6 Å². The van der Waals surface area contributed by atoms with Crippen LogP contribution in [0.15, 0.2) is 18.2 Å². The average Bonchev–Trinajstić information content (AvgIpc) is 3.07. The molecular formula is C22H20F4INO8. The Morgan fingerprint density at radius 1 is 1.06 bits per heavy atom. The van der Waals surface area contributed by atoms with Crippen LogP contribution in [0, 0.1) is 36.9 Å². The molecule has 36 heavy (non-hydrogen) atoms. The third-order valence-electron chi connectivity index (χ3n) is 8.08. The molecule has 6 aliphatic rings. The van der Waals surface area contributed by atoms with Crippen LogP contribution in [0.3, 0.4) is 0 Å². The summed E-state index contributed by atoms with van der Waals surface area (Å²) in [6, 6.07) is 3.66. The zero-order valence-corrected chi connectivity index (χ0v) is 20.7. The van der Waals surface area contributed by atoms with Crippen molar-refractivity contribution in [2.45, 2.75) is 49.7 Å². The van der Waals surface area contributed by atoms with Gasteiger partial charge in [0.25, 0.3) is 0 Å². The van der Waals surface area contributed by atoms with Gasteiger partial charge in [0.2, 0.25) is 0 Å². The molecule has 0 N–H and O–H groups in total. The summed E-state index contributed by atoms with van der Waals surface area (Å²) in [7, 11) is 0. The van der Waals surface area contributed by atoms with E-state index in [2.05, 4.69) is 0 Å². The number of nitrogens with zero attached hydrogens (tertiary/aromatic N) is 1. The van der Waals surface area contributed by atoms with Gasteiger partial charge in [0.15, 0.2) is 0 Å². The van der Waals surface area contributed by atoms with Crippen LogP contribution in [-0.2, 0) is 20.4 Å². The monoisotopic (exact) mass is 629 g/mol. The number of nitro benzene ring substituents is 1. The zero-order valence-electron chi connectivity index (χ0n) is 18.5. The zero-order chi connectivity index (χ0) is 25.7. The van der Waals surface area contributed by atoms with Crippen molar-refractivity contribution >= 4 is 38.3 Å². The molecule has 2 atom stereocenters. The first kappa shape index (κ1) is 24.3. The van der Waals surface area contributed by atoms with Crippen LogP contribution in [-0.4, -0.2) is 47.7 Å². The number of hydrogen-bond acceptors (Lipinski definition) is 8. The van der Waals surface area contributed by atoms with Gasteiger partial charge in [0.05, 0.1) is 0 Å². The minimum atomic E-state index is -4.37. The Bertz CT molecular complexity index is 1140. The van der Waals surface area contributed by atoms with Crippen molar-refractivity contribution in [1.82, 2.24) is 0 Å². The van der Waals surface area contributed by atoms with Crippen molar-refractivity contribution in [3.63, 3.8) is 0 Å². The van der Waals surface area contributed by atoms with E-state index >= 15 is 0 Å². The number of benzene rings is 1. The van der Waals surface area contributed by atoms with E-state index in [0.29, 0.717) is 22.8 Å². The van der Waals surface area contributed by atoms with E-state index in [-0.39, 0.29) is 30.0 Å². The second-order valence-electron chi connectivity index (χ2n) is 10.2. The summed E-state index contributed by atoms with van der Waals surface area (Å²) in [5.41, 5.74) is -1.30. The summed E-state index contributed by atoms with van der Waals surface area (Å²) in [4.78, 5) is 36.1. The van der Waals surface area contributed by atoms with Crippen LogP contribution in [0.25, 0.3) is 0 Å². The van der Waals surface area contributed by atoms with Crippen LogP contribution >= 0.6 is 20.6 Å². The molecule has 4 saturated carbocycles. The molecule has 2 aliphatic heterocycles. The molecule has 5 fully saturated rings. The first-order valence-electron chi connectivity index (χ1n) is 11.3. The van der Waals surface area contributed by atoms with Crippen LogP contribution < -0.4 is 0 Å². The van der Waals surface area contributed by atoms with Crippen molar-refractivity contribution in [3.8, 4) is 0 Å². The van der Waals surface area contributed by atoms with E-state index in [1.807, 2.05) is 0 Å². The minimum absolute atomic E-state index is 0.00576. The summed E-state index contributed by atoms with van der Waals surface area (Å²) >= 11 is -3.26. The molecular weight excluding hydrogens is 609 g/mol. The normalized spacial score (nSPS) is 35.7. The Morgan fingerprint density at radius 2 is 1.67 bits per heavy atom. The Labute approximate surface area is 209 Å². The number of halogens is 5. The predicted molar refractivity (Wildman–Crippen MR) is 118 cm³/mol. The van der Waals surface area contributed by atoms with Crippen LogP contribution in [0.5, 0.6) is 0 Å². The van der Waals surface area contributed by atoms with Crippen LogP contribution in [0.4, 0.5) is 23.2 Å². The maximum atomic E-state index is 14.0. The van der Waals surface area contributed by atoms with Gasteiger partial charge in [0, 0.05) is 0 Å². The van der Waals surface area contributed by atoms with Gasteiger partial charge < -0.3 is 0 Å². The van der Waals surface area contributed by atoms with Crippen molar-refractivity contribution in [3.05, 3.63) is 37.4 Å². The van der Waals surface area contributed by atoms with Crippen molar-refractivity contribution in [2.24, 2.45) is 23.2 Å². The third kappa shape index (κ3) is 3.39. The number of carbonyl (C=O) groups is 2. The molecule has 0 aromatic heterocycles. The van der Waals surface area contributed by atoms with Crippen molar-refractivity contribution < 1.29 is 47.7 Å². The molecule has 1 aromatic rings. The van der Waals surface area contributed by atoms with Gasteiger partial charge in [-0.1, -0.05) is 0 Å². The average molecular weight is 629 g/mol. The maximum absolute atomic E-state index is 14.0. The van der Waals surface area contributed by atoms with E-state index in [4.69, 9.17) is 15.6 Å². The number of hydrogen-bond donors (Lipinski definition) is 0. The fraction of sp³-hybridized carbons (Fsp3) is 0.636. The molecule has 196 valence electrons. The van der Waals surface area contributed by atoms with Crippen molar-refractivity contribution in [2.75, 3.05) is 13.2 Å². The van der Waals surface area contributed by atoms with Gasteiger partial charge in [-0.2, -0.15) is 0 Å². The van der Waals surface area contributed by atoms with Gasteiger partial charge >= 0.3 is 210 Å². The quantitative estimate of drug-likeness (QED) is 0.206. The molecule has 14 heteroatoms. The summed E-state index contributed by atoms with van der Waals surface area (Å²) in [6.07, 6.45) is 1.77. The van der Waals surface area contributed by atoms with Crippen molar-refractivity contribution in [1.29, 1.82) is 0 Å². The third-order valence-corrected chi connectivity index (χ3v) is 11.6. The number of fused-ring (bicyclic) bond motifs is 1. The molecule has 0 amide bonds. The van der Waals surface area contributed by atoms with Gasteiger partial charge in [-0.15, -0.1) is 0 Å². The van der Waals surface area contributed by atoms with Gasteiger partial charge in [-0.05, 0) is 0 Å². The Kier molecular flexibility index (Phi) is 5.21. The first-order valence-corrected chi connectivity index (χ1v) is 14.2. The summed E-state index contributed by atoms with van der Waals surface area (Å²) < 4.78 is 78.3. The summed E-state index contributed by atoms with van der Waals surface area (Å²) in [6.45, 7) is -2.94.